The predicted octanol–water partition coefficient (Wildman–Crippen LogP) is 3.47. The molecule has 4 bridgehead atoms. The Kier molecular flexibility index (Phi) is 3.18. The Balaban J connectivity index is 1.47. The van der Waals surface area contributed by atoms with E-state index in [0.717, 1.165) is 37.0 Å². The van der Waals surface area contributed by atoms with Gasteiger partial charge in [0.05, 0.1) is 0 Å². The lowest BCUT2D eigenvalue weighted by Crippen LogP contribution is -2.53. The van der Waals surface area contributed by atoms with Crippen LogP contribution >= 0.6 is 0 Å². The summed E-state index contributed by atoms with van der Waals surface area (Å²) in [5, 5.41) is 3.29. The highest BCUT2D eigenvalue weighted by Gasteiger charge is 2.54. The lowest BCUT2D eigenvalue weighted by Gasteiger charge is -2.55. The van der Waals surface area contributed by atoms with Crippen LogP contribution in [0.2, 0.25) is 0 Å². The standard InChI is InChI=1S/C19H28N2O/c1-12-4-17(13(2)21(12)3)11-20-18(22)19-8-14-5-15(9-19)7-16(6-14)10-19/h4,14-16H,5-11H2,1-3H3,(H,20,22). The second kappa shape index (κ2) is 4.87. The van der Waals surface area contributed by atoms with E-state index >= 15 is 0 Å². The third-order valence-corrected chi connectivity index (χ3v) is 6.84. The van der Waals surface area contributed by atoms with E-state index in [4.69, 9.17) is 0 Å². The normalized spacial score (nSPS) is 35.9. The zero-order valence-corrected chi connectivity index (χ0v) is 14.1. The maximum atomic E-state index is 13.0. The molecular weight excluding hydrogens is 272 g/mol. The van der Waals surface area contributed by atoms with E-state index in [1.807, 2.05) is 0 Å². The molecule has 0 unspecified atom stereocenters. The third kappa shape index (κ3) is 2.12. The summed E-state index contributed by atoms with van der Waals surface area (Å²) in [6, 6.07) is 2.20. The lowest BCUT2D eigenvalue weighted by atomic mass is 9.49. The minimum absolute atomic E-state index is 0.0213. The quantitative estimate of drug-likeness (QED) is 0.911. The topological polar surface area (TPSA) is 34.0 Å². The first kappa shape index (κ1) is 14.3. The number of hydrogen-bond donors (Lipinski definition) is 1. The summed E-state index contributed by atoms with van der Waals surface area (Å²) in [5.41, 5.74) is 3.77. The molecule has 120 valence electrons. The highest BCUT2D eigenvalue weighted by Crippen LogP contribution is 2.60. The molecule has 5 rings (SSSR count). The Hall–Kier alpha value is -1.25. The number of carbonyl (C=O) groups is 1. The number of aryl methyl sites for hydroxylation is 1. The predicted molar refractivity (Wildman–Crippen MR) is 87.3 cm³/mol. The van der Waals surface area contributed by atoms with Crippen LogP contribution in [0.25, 0.3) is 0 Å². The smallest absolute Gasteiger partial charge is 0.226 e. The lowest BCUT2D eigenvalue weighted by molar-refractivity contribution is -0.146. The van der Waals surface area contributed by atoms with Crippen molar-refractivity contribution in [2.75, 3.05) is 0 Å². The molecule has 4 fully saturated rings. The van der Waals surface area contributed by atoms with Crippen molar-refractivity contribution in [1.82, 2.24) is 9.88 Å². The van der Waals surface area contributed by atoms with Crippen LogP contribution in [0, 0.1) is 37.0 Å². The second-order valence-electron chi connectivity index (χ2n) is 8.34. The molecular formula is C19H28N2O. The largest absolute Gasteiger partial charge is 0.352 e. The first-order valence-electron chi connectivity index (χ1n) is 8.87. The first-order valence-corrected chi connectivity index (χ1v) is 8.87. The van der Waals surface area contributed by atoms with Crippen molar-refractivity contribution in [3.05, 3.63) is 23.0 Å². The monoisotopic (exact) mass is 300 g/mol. The Morgan fingerprint density at radius 2 is 1.73 bits per heavy atom. The zero-order valence-electron chi connectivity index (χ0n) is 14.1. The molecule has 1 aromatic rings. The van der Waals surface area contributed by atoms with Gasteiger partial charge in [-0.2, -0.15) is 0 Å². The molecule has 4 aliphatic carbocycles. The van der Waals surface area contributed by atoms with Gasteiger partial charge in [0.2, 0.25) is 5.91 Å². The first-order chi connectivity index (χ1) is 10.5. The van der Waals surface area contributed by atoms with E-state index in [-0.39, 0.29) is 5.41 Å². The molecule has 4 aliphatic rings. The molecule has 1 N–H and O–H groups in total. The van der Waals surface area contributed by atoms with Gasteiger partial charge in [-0.1, -0.05) is 0 Å². The second-order valence-corrected chi connectivity index (χ2v) is 8.34. The molecule has 0 atom stereocenters. The SMILES string of the molecule is Cc1cc(CNC(=O)C23CC4CC(CC(C4)C2)C3)c(C)n1C. The van der Waals surface area contributed by atoms with Crippen LogP contribution in [0.3, 0.4) is 0 Å². The van der Waals surface area contributed by atoms with Crippen molar-refractivity contribution < 1.29 is 4.79 Å². The Bertz CT molecular complexity index is 578. The Labute approximate surface area is 133 Å². The van der Waals surface area contributed by atoms with Crippen LogP contribution in [0.4, 0.5) is 0 Å². The minimum Gasteiger partial charge on any atom is -0.352 e. The van der Waals surface area contributed by atoms with Crippen molar-refractivity contribution >= 4 is 5.91 Å². The summed E-state index contributed by atoms with van der Waals surface area (Å²) in [4.78, 5) is 13.0. The van der Waals surface area contributed by atoms with Gasteiger partial charge in [-0.15, -0.1) is 0 Å². The number of nitrogens with zero attached hydrogens (tertiary/aromatic N) is 1. The highest BCUT2D eigenvalue weighted by molar-refractivity contribution is 5.83. The summed E-state index contributed by atoms with van der Waals surface area (Å²) in [6.45, 7) is 4.95. The summed E-state index contributed by atoms with van der Waals surface area (Å²) >= 11 is 0. The van der Waals surface area contributed by atoms with Crippen LogP contribution in [0.15, 0.2) is 6.07 Å². The van der Waals surface area contributed by atoms with E-state index in [1.165, 1.54) is 36.2 Å². The van der Waals surface area contributed by atoms with Crippen LogP contribution in [-0.2, 0) is 18.4 Å². The highest BCUT2D eigenvalue weighted by atomic mass is 16.2. The number of rotatable bonds is 3. The average molecular weight is 300 g/mol. The maximum Gasteiger partial charge on any atom is 0.226 e. The number of nitrogens with one attached hydrogen (secondary N) is 1. The summed E-state index contributed by atoms with van der Waals surface area (Å²) in [5.74, 6) is 2.83. The van der Waals surface area contributed by atoms with Crippen LogP contribution < -0.4 is 5.32 Å². The molecule has 22 heavy (non-hydrogen) atoms. The molecule has 0 saturated heterocycles. The number of aromatic nitrogens is 1. The van der Waals surface area contributed by atoms with Crippen molar-refractivity contribution in [2.24, 2.45) is 30.2 Å². The van der Waals surface area contributed by atoms with Crippen molar-refractivity contribution in [3.63, 3.8) is 0 Å². The van der Waals surface area contributed by atoms with E-state index in [2.05, 4.69) is 36.8 Å². The summed E-state index contributed by atoms with van der Waals surface area (Å²) < 4.78 is 2.20. The molecule has 0 spiro atoms. The van der Waals surface area contributed by atoms with Crippen molar-refractivity contribution in [3.8, 4) is 0 Å². The fourth-order valence-electron chi connectivity index (χ4n) is 5.86. The van der Waals surface area contributed by atoms with Crippen LogP contribution in [0.1, 0.15) is 55.5 Å². The Morgan fingerprint density at radius 3 is 2.18 bits per heavy atom. The molecule has 1 aromatic heterocycles. The summed E-state index contributed by atoms with van der Waals surface area (Å²) in [7, 11) is 2.09. The molecule has 1 amide bonds. The molecule has 3 nitrogen and oxygen atoms in total. The van der Waals surface area contributed by atoms with Gasteiger partial charge in [-0.3, -0.25) is 4.79 Å². The van der Waals surface area contributed by atoms with Crippen molar-refractivity contribution in [2.45, 2.75) is 58.9 Å². The molecule has 4 saturated carbocycles. The summed E-state index contributed by atoms with van der Waals surface area (Å²) in [6.07, 6.45) is 7.63. The van der Waals surface area contributed by atoms with E-state index in [0.29, 0.717) is 12.5 Å². The van der Waals surface area contributed by atoms with Crippen LogP contribution in [0.5, 0.6) is 0 Å². The van der Waals surface area contributed by atoms with Gasteiger partial charge in [-0.05, 0) is 81.8 Å². The zero-order chi connectivity index (χ0) is 15.5. The number of carbonyl (C=O) groups excluding carboxylic acids is 1. The minimum atomic E-state index is -0.0213. The van der Waals surface area contributed by atoms with Crippen molar-refractivity contribution in [1.29, 1.82) is 0 Å². The van der Waals surface area contributed by atoms with Gasteiger partial charge >= 0.3 is 0 Å². The Morgan fingerprint density at radius 1 is 1.18 bits per heavy atom. The third-order valence-electron chi connectivity index (χ3n) is 6.84. The molecule has 0 aromatic carbocycles. The van der Waals surface area contributed by atoms with Gasteiger partial charge in [0.1, 0.15) is 0 Å². The maximum absolute atomic E-state index is 13.0. The molecule has 1 heterocycles. The molecule has 3 heteroatoms. The van der Waals surface area contributed by atoms with Gasteiger partial charge < -0.3 is 9.88 Å². The molecule has 0 radical (unpaired) electrons. The van der Waals surface area contributed by atoms with Crippen LogP contribution in [-0.4, -0.2) is 10.5 Å². The van der Waals surface area contributed by atoms with E-state index in [9.17, 15) is 4.79 Å². The van der Waals surface area contributed by atoms with Gasteiger partial charge in [0.15, 0.2) is 0 Å². The fourth-order valence-corrected chi connectivity index (χ4v) is 5.86. The average Bonchev–Trinajstić information content (AvgIpc) is 2.70. The van der Waals surface area contributed by atoms with E-state index in [1.54, 1.807) is 0 Å². The molecule has 0 aliphatic heterocycles. The van der Waals surface area contributed by atoms with Gasteiger partial charge in [0, 0.05) is 30.4 Å². The van der Waals surface area contributed by atoms with Gasteiger partial charge in [0.25, 0.3) is 0 Å². The van der Waals surface area contributed by atoms with E-state index < -0.39 is 0 Å². The number of hydrogen-bond acceptors (Lipinski definition) is 1. The number of amides is 1. The van der Waals surface area contributed by atoms with Gasteiger partial charge in [-0.25, -0.2) is 0 Å². The fraction of sp³-hybridized carbons (Fsp3) is 0.737.